The Morgan fingerprint density at radius 1 is 0.971 bits per heavy atom. The fraction of sp³-hybridized carbons (Fsp3) is 0.889. The molecular weight excluding hydrogens is 442 g/mol. The summed E-state index contributed by atoms with van der Waals surface area (Å²) in [6.45, 7) is 5.67. The van der Waals surface area contributed by atoms with E-state index < -0.39 is 30.1 Å². The topological polar surface area (TPSA) is 80.7 Å². The summed E-state index contributed by atoms with van der Waals surface area (Å²) >= 11 is 0. The molecule has 0 amide bonds. The van der Waals surface area contributed by atoms with E-state index in [1.807, 2.05) is 20.8 Å². The van der Waals surface area contributed by atoms with E-state index in [0.717, 1.165) is 51.4 Å². The predicted octanol–water partition coefficient (Wildman–Crippen LogP) is 6.58. The molecule has 1 N–H and O–H groups in total. The number of ether oxygens (including phenoxy) is 1. The Hall–Kier alpha value is -1.37. The highest BCUT2D eigenvalue weighted by molar-refractivity contribution is 5.86. The number of esters is 1. The Balaban J connectivity index is 2.30. The van der Waals surface area contributed by atoms with Crippen molar-refractivity contribution >= 4 is 17.5 Å². The van der Waals surface area contributed by atoms with E-state index in [-0.39, 0.29) is 43.0 Å². The molecule has 3 atom stereocenters. The molecule has 198 valence electrons. The highest BCUT2D eigenvalue weighted by Gasteiger charge is 2.43. The van der Waals surface area contributed by atoms with Crippen LogP contribution in [0.15, 0.2) is 0 Å². The fourth-order valence-electron chi connectivity index (χ4n) is 4.84. The number of Topliss-reactive ketones (excluding diaryl/α,β-unsaturated/α-hetero) is 2. The zero-order valence-corrected chi connectivity index (χ0v) is 21.5. The molecule has 0 aromatic carbocycles. The lowest BCUT2D eigenvalue weighted by atomic mass is 9.85. The lowest BCUT2D eigenvalue weighted by Gasteiger charge is -2.22. The van der Waals surface area contributed by atoms with Crippen LogP contribution in [0.5, 0.6) is 0 Å². The number of unbranched alkanes of at least 4 members (excludes halogenated alkanes) is 8. The van der Waals surface area contributed by atoms with Gasteiger partial charge in [-0.2, -0.15) is 8.78 Å². The summed E-state index contributed by atoms with van der Waals surface area (Å²) in [4.78, 5) is 36.0. The summed E-state index contributed by atoms with van der Waals surface area (Å²) < 4.78 is 33.4. The number of rotatable bonds is 19. The molecule has 0 aliphatic heterocycles. The first kappa shape index (κ1) is 30.7. The van der Waals surface area contributed by atoms with Crippen molar-refractivity contribution in [2.45, 2.75) is 142 Å². The molecule has 1 fully saturated rings. The van der Waals surface area contributed by atoms with Gasteiger partial charge in [-0.05, 0) is 45.4 Å². The summed E-state index contributed by atoms with van der Waals surface area (Å²) in [6.07, 6.45) is 8.03. The van der Waals surface area contributed by atoms with Crippen LogP contribution >= 0.6 is 0 Å². The first-order chi connectivity index (χ1) is 16.1. The number of alkyl halides is 2. The third kappa shape index (κ3) is 11.9. The average Bonchev–Trinajstić information content (AvgIpc) is 3.02. The van der Waals surface area contributed by atoms with Crippen molar-refractivity contribution in [1.29, 1.82) is 0 Å². The molecule has 1 saturated carbocycles. The number of halogens is 2. The average molecular weight is 489 g/mol. The quantitative estimate of drug-likeness (QED) is 0.164. The summed E-state index contributed by atoms with van der Waals surface area (Å²) in [5.74, 6) is -5.30. The maximum atomic E-state index is 14.2. The molecule has 0 aromatic heterocycles. The number of carbonyl (C=O) groups excluding carboxylic acids is 3. The number of hydrogen-bond donors (Lipinski definition) is 1. The fourth-order valence-corrected chi connectivity index (χ4v) is 4.84. The molecule has 1 rings (SSSR count). The predicted molar refractivity (Wildman–Crippen MR) is 129 cm³/mol. The van der Waals surface area contributed by atoms with E-state index in [2.05, 4.69) is 0 Å². The minimum Gasteiger partial charge on any atom is -0.463 e. The molecule has 0 saturated heterocycles. The molecule has 7 heteroatoms. The molecular formula is C27H46F2O5. The molecule has 0 bridgehead atoms. The van der Waals surface area contributed by atoms with Crippen LogP contribution in [-0.2, 0) is 19.1 Å². The zero-order valence-electron chi connectivity index (χ0n) is 21.5. The van der Waals surface area contributed by atoms with Gasteiger partial charge in [-0.3, -0.25) is 14.4 Å². The van der Waals surface area contributed by atoms with Gasteiger partial charge < -0.3 is 9.84 Å². The summed E-state index contributed by atoms with van der Waals surface area (Å²) in [5.41, 5.74) is 0. The van der Waals surface area contributed by atoms with Crippen LogP contribution in [0.3, 0.4) is 0 Å². The van der Waals surface area contributed by atoms with Gasteiger partial charge in [0.15, 0.2) is 0 Å². The third-order valence-corrected chi connectivity index (χ3v) is 6.81. The lowest BCUT2D eigenvalue weighted by molar-refractivity contribution is -0.147. The highest BCUT2D eigenvalue weighted by atomic mass is 19.3. The van der Waals surface area contributed by atoms with Crippen LogP contribution in [0, 0.1) is 11.8 Å². The van der Waals surface area contributed by atoms with Crippen molar-refractivity contribution in [3.8, 4) is 0 Å². The second kappa shape index (κ2) is 16.3. The van der Waals surface area contributed by atoms with Gasteiger partial charge in [0.05, 0.1) is 12.2 Å². The first-order valence-electron chi connectivity index (χ1n) is 13.4. The molecule has 0 aromatic rings. The standard InChI is InChI=1S/C27H46F2O5/c1-4-5-6-13-18-27(28,29)25(32)17-16-22-21(23(30)19-24(22)31)14-11-9-7-8-10-12-15-26(33)34-20(2)3/h20-22,24,31H,4-19H2,1-3H3. The van der Waals surface area contributed by atoms with Crippen molar-refractivity contribution in [3.63, 3.8) is 0 Å². The van der Waals surface area contributed by atoms with Crippen LogP contribution < -0.4 is 0 Å². The molecule has 3 unspecified atom stereocenters. The van der Waals surface area contributed by atoms with E-state index >= 15 is 0 Å². The van der Waals surface area contributed by atoms with Gasteiger partial charge in [-0.25, -0.2) is 0 Å². The van der Waals surface area contributed by atoms with E-state index in [9.17, 15) is 28.3 Å². The molecule has 0 heterocycles. The number of carbonyl (C=O) groups is 3. The minimum atomic E-state index is -3.32. The van der Waals surface area contributed by atoms with Crippen LogP contribution in [0.4, 0.5) is 8.78 Å². The van der Waals surface area contributed by atoms with E-state index in [1.54, 1.807) is 0 Å². The van der Waals surface area contributed by atoms with Crippen molar-refractivity contribution in [1.82, 2.24) is 0 Å². The van der Waals surface area contributed by atoms with Crippen molar-refractivity contribution in [3.05, 3.63) is 0 Å². The monoisotopic (exact) mass is 488 g/mol. The summed E-state index contributed by atoms with van der Waals surface area (Å²) in [5, 5.41) is 10.3. The Bertz CT molecular complexity index is 620. The Morgan fingerprint density at radius 2 is 1.59 bits per heavy atom. The number of ketones is 2. The van der Waals surface area contributed by atoms with Gasteiger partial charge >= 0.3 is 11.9 Å². The Morgan fingerprint density at radius 3 is 2.24 bits per heavy atom. The summed E-state index contributed by atoms with van der Waals surface area (Å²) in [7, 11) is 0. The second-order valence-electron chi connectivity index (χ2n) is 10.2. The molecule has 34 heavy (non-hydrogen) atoms. The molecule has 0 radical (unpaired) electrons. The Kier molecular flexibility index (Phi) is 14.7. The van der Waals surface area contributed by atoms with Crippen molar-refractivity contribution in [2.24, 2.45) is 11.8 Å². The van der Waals surface area contributed by atoms with Gasteiger partial charge in [-0.15, -0.1) is 0 Å². The normalized spacial score (nSPS) is 20.8. The van der Waals surface area contributed by atoms with Gasteiger partial charge in [0, 0.05) is 31.6 Å². The van der Waals surface area contributed by atoms with E-state index in [1.165, 1.54) is 0 Å². The van der Waals surface area contributed by atoms with Crippen molar-refractivity contribution in [2.75, 3.05) is 0 Å². The van der Waals surface area contributed by atoms with Crippen LogP contribution in [0.25, 0.3) is 0 Å². The third-order valence-electron chi connectivity index (χ3n) is 6.81. The number of aliphatic hydroxyl groups is 1. The van der Waals surface area contributed by atoms with E-state index in [0.29, 0.717) is 25.7 Å². The van der Waals surface area contributed by atoms with Crippen LogP contribution in [0.1, 0.15) is 124 Å². The van der Waals surface area contributed by atoms with Gasteiger partial charge in [0.1, 0.15) is 5.78 Å². The zero-order chi connectivity index (χ0) is 25.6. The first-order valence-corrected chi connectivity index (χ1v) is 13.4. The van der Waals surface area contributed by atoms with Gasteiger partial charge in [-0.1, -0.05) is 58.3 Å². The minimum absolute atomic E-state index is 0.0139. The molecule has 0 spiro atoms. The van der Waals surface area contributed by atoms with Gasteiger partial charge in [0.2, 0.25) is 5.78 Å². The number of hydrogen-bond acceptors (Lipinski definition) is 5. The largest absolute Gasteiger partial charge is 0.463 e. The molecule has 1 aliphatic carbocycles. The second-order valence-corrected chi connectivity index (χ2v) is 10.2. The van der Waals surface area contributed by atoms with Crippen molar-refractivity contribution < 1.29 is 33.0 Å². The maximum absolute atomic E-state index is 14.2. The van der Waals surface area contributed by atoms with Crippen LogP contribution in [-0.4, -0.2) is 40.8 Å². The SMILES string of the molecule is CCCCCCC(F)(F)C(=O)CCC1C(O)CC(=O)C1CCCCCCCCC(=O)OC(C)C. The lowest BCUT2D eigenvalue weighted by Crippen LogP contribution is -2.30. The summed E-state index contributed by atoms with van der Waals surface area (Å²) in [6, 6.07) is 0. The van der Waals surface area contributed by atoms with Crippen LogP contribution in [0.2, 0.25) is 0 Å². The van der Waals surface area contributed by atoms with Gasteiger partial charge in [0.25, 0.3) is 0 Å². The highest BCUT2D eigenvalue weighted by Crippen LogP contribution is 2.37. The van der Waals surface area contributed by atoms with E-state index in [4.69, 9.17) is 4.74 Å². The maximum Gasteiger partial charge on any atom is 0.306 e. The molecule has 5 nitrogen and oxygen atoms in total. The molecule has 1 aliphatic rings. The Labute approximate surface area is 204 Å². The number of aliphatic hydroxyl groups excluding tert-OH is 1. The smallest absolute Gasteiger partial charge is 0.306 e.